The minimum Gasteiger partial charge on any atom is -0.448 e. The van der Waals surface area contributed by atoms with Crippen molar-refractivity contribution in [1.29, 1.82) is 0 Å². The first-order valence-corrected chi connectivity index (χ1v) is 9.00. The predicted molar refractivity (Wildman–Crippen MR) is 94.2 cm³/mol. The summed E-state index contributed by atoms with van der Waals surface area (Å²) in [6, 6.07) is 9.85. The number of hydrogen-bond donors (Lipinski definition) is 1. The van der Waals surface area contributed by atoms with Crippen molar-refractivity contribution in [3.63, 3.8) is 0 Å². The molecule has 24 heavy (non-hydrogen) atoms. The standard InChI is InChI=1S/C19H21NO3S/c1-12-6-8-14(9-7-12)11-20-18(21)13(2)23-19(22)17-10-15-4-3-5-16(15)24-17/h6-10,13H,3-5,11H2,1-2H3,(H,20,21)/t13-/m1/s1. The van der Waals surface area contributed by atoms with Crippen molar-refractivity contribution >= 4 is 23.2 Å². The summed E-state index contributed by atoms with van der Waals surface area (Å²) in [5, 5.41) is 2.80. The van der Waals surface area contributed by atoms with Crippen molar-refractivity contribution in [1.82, 2.24) is 5.32 Å². The van der Waals surface area contributed by atoms with Crippen LogP contribution in [0.5, 0.6) is 0 Å². The van der Waals surface area contributed by atoms with Gasteiger partial charge >= 0.3 is 5.97 Å². The molecule has 0 spiro atoms. The average Bonchev–Trinajstić information content (AvgIpc) is 3.15. The van der Waals surface area contributed by atoms with Crippen LogP contribution in [0, 0.1) is 6.92 Å². The molecular formula is C19H21NO3S. The van der Waals surface area contributed by atoms with Crippen molar-refractivity contribution in [3.8, 4) is 0 Å². The number of amides is 1. The van der Waals surface area contributed by atoms with Gasteiger partial charge in [0.1, 0.15) is 4.88 Å². The highest BCUT2D eigenvalue weighted by Crippen LogP contribution is 2.31. The molecule has 1 heterocycles. The molecule has 1 amide bonds. The molecule has 1 aromatic carbocycles. The smallest absolute Gasteiger partial charge is 0.349 e. The summed E-state index contributed by atoms with van der Waals surface area (Å²) in [6.07, 6.45) is 2.43. The molecule has 126 valence electrons. The fourth-order valence-electron chi connectivity index (χ4n) is 2.74. The lowest BCUT2D eigenvalue weighted by Crippen LogP contribution is -2.35. The van der Waals surface area contributed by atoms with E-state index < -0.39 is 12.1 Å². The summed E-state index contributed by atoms with van der Waals surface area (Å²) in [5.41, 5.74) is 3.45. The molecule has 0 fully saturated rings. The van der Waals surface area contributed by atoms with Gasteiger partial charge in [-0.2, -0.15) is 0 Å². The zero-order valence-corrected chi connectivity index (χ0v) is 14.7. The molecule has 2 aromatic rings. The maximum atomic E-state index is 12.2. The number of rotatable bonds is 5. The van der Waals surface area contributed by atoms with Crippen LogP contribution in [0.2, 0.25) is 0 Å². The van der Waals surface area contributed by atoms with Crippen LogP contribution in [-0.4, -0.2) is 18.0 Å². The third-order valence-corrected chi connectivity index (χ3v) is 5.41. The zero-order chi connectivity index (χ0) is 17.1. The number of thiophene rings is 1. The Labute approximate surface area is 145 Å². The summed E-state index contributed by atoms with van der Waals surface area (Å²) in [7, 11) is 0. The third-order valence-electron chi connectivity index (χ3n) is 4.19. The number of ether oxygens (including phenoxy) is 1. The SMILES string of the molecule is Cc1ccc(CNC(=O)[C@@H](C)OC(=O)c2cc3c(s2)CCC3)cc1. The first kappa shape index (κ1) is 16.7. The van der Waals surface area contributed by atoms with E-state index >= 15 is 0 Å². The molecule has 0 aliphatic heterocycles. The summed E-state index contributed by atoms with van der Waals surface area (Å²) in [5.74, 6) is -0.694. The number of aryl methyl sites for hydroxylation is 3. The first-order valence-electron chi connectivity index (χ1n) is 8.19. The molecule has 0 bridgehead atoms. The molecule has 5 heteroatoms. The van der Waals surface area contributed by atoms with E-state index in [-0.39, 0.29) is 5.91 Å². The van der Waals surface area contributed by atoms with Gasteiger partial charge in [-0.15, -0.1) is 11.3 Å². The van der Waals surface area contributed by atoms with Crippen molar-refractivity contribution < 1.29 is 14.3 Å². The molecule has 1 aliphatic carbocycles. The van der Waals surface area contributed by atoms with Crippen LogP contribution in [-0.2, 0) is 28.9 Å². The Morgan fingerprint density at radius 1 is 1.25 bits per heavy atom. The van der Waals surface area contributed by atoms with E-state index in [2.05, 4.69) is 5.32 Å². The summed E-state index contributed by atoms with van der Waals surface area (Å²) < 4.78 is 5.30. The van der Waals surface area contributed by atoms with Crippen molar-refractivity contribution in [2.75, 3.05) is 0 Å². The second-order valence-electron chi connectivity index (χ2n) is 6.16. The van der Waals surface area contributed by atoms with Crippen LogP contribution < -0.4 is 5.32 Å². The Morgan fingerprint density at radius 2 is 2.00 bits per heavy atom. The van der Waals surface area contributed by atoms with Gasteiger partial charge in [0.15, 0.2) is 6.10 Å². The molecule has 1 aliphatic rings. The number of hydrogen-bond acceptors (Lipinski definition) is 4. The molecular weight excluding hydrogens is 322 g/mol. The van der Waals surface area contributed by atoms with E-state index in [1.807, 2.05) is 37.3 Å². The third kappa shape index (κ3) is 3.85. The maximum absolute atomic E-state index is 12.2. The van der Waals surface area contributed by atoms with E-state index in [1.54, 1.807) is 6.92 Å². The Bertz CT molecular complexity index is 727. The second kappa shape index (κ2) is 7.18. The number of nitrogens with one attached hydrogen (secondary N) is 1. The Morgan fingerprint density at radius 3 is 2.71 bits per heavy atom. The Hall–Kier alpha value is -2.14. The van der Waals surface area contributed by atoms with Crippen LogP contribution >= 0.6 is 11.3 Å². The van der Waals surface area contributed by atoms with Crippen LogP contribution in [0.1, 0.15) is 44.6 Å². The van der Waals surface area contributed by atoms with Gasteiger partial charge in [-0.1, -0.05) is 29.8 Å². The number of esters is 1. The Kier molecular flexibility index (Phi) is 5.00. The number of benzene rings is 1. The van der Waals surface area contributed by atoms with Crippen LogP contribution in [0.3, 0.4) is 0 Å². The summed E-state index contributed by atoms with van der Waals surface area (Å²) in [6.45, 7) is 4.04. The first-order chi connectivity index (χ1) is 11.5. The van der Waals surface area contributed by atoms with E-state index in [0.717, 1.165) is 24.8 Å². The topological polar surface area (TPSA) is 55.4 Å². The molecule has 3 rings (SSSR count). The van der Waals surface area contributed by atoms with Crippen molar-refractivity contribution in [2.45, 2.75) is 45.8 Å². The monoisotopic (exact) mass is 343 g/mol. The fraction of sp³-hybridized carbons (Fsp3) is 0.368. The summed E-state index contributed by atoms with van der Waals surface area (Å²) in [4.78, 5) is 26.2. The lowest BCUT2D eigenvalue weighted by atomic mass is 10.1. The van der Waals surface area contributed by atoms with Gasteiger partial charge in [-0.05, 0) is 50.3 Å². The molecule has 0 unspecified atom stereocenters. The molecule has 0 radical (unpaired) electrons. The predicted octanol–water partition coefficient (Wildman–Crippen LogP) is 3.41. The highest BCUT2D eigenvalue weighted by atomic mass is 32.1. The number of fused-ring (bicyclic) bond motifs is 1. The van der Waals surface area contributed by atoms with Gasteiger partial charge in [-0.25, -0.2) is 4.79 Å². The van der Waals surface area contributed by atoms with Gasteiger partial charge in [0.25, 0.3) is 5.91 Å². The van der Waals surface area contributed by atoms with Crippen LogP contribution in [0.4, 0.5) is 0 Å². The lowest BCUT2D eigenvalue weighted by molar-refractivity contribution is -0.129. The quantitative estimate of drug-likeness (QED) is 0.847. The second-order valence-corrected chi connectivity index (χ2v) is 7.30. The Balaban J connectivity index is 1.51. The van der Waals surface area contributed by atoms with E-state index in [9.17, 15) is 9.59 Å². The van der Waals surface area contributed by atoms with Crippen molar-refractivity contribution in [3.05, 3.63) is 56.8 Å². The van der Waals surface area contributed by atoms with Gasteiger partial charge in [0, 0.05) is 11.4 Å². The summed E-state index contributed by atoms with van der Waals surface area (Å²) >= 11 is 1.49. The number of carbonyl (C=O) groups excluding carboxylic acids is 2. The number of carbonyl (C=O) groups is 2. The minimum atomic E-state index is -0.806. The van der Waals surface area contributed by atoms with Crippen LogP contribution in [0.25, 0.3) is 0 Å². The van der Waals surface area contributed by atoms with Crippen LogP contribution in [0.15, 0.2) is 30.3 Å². The molecule has 1 N–H and O–H groups in total. The van der Waals surface area contributed by atoms with E-state index in [0.29, 0.717) is 11.4 Å². The normalized spacial score (nSPS) is 14.1. The maximum Gasteiger partial charge on any atom is 0.349 e. The molecule has 0 saturated heterocycles. The van der Waals surface area contributed by atoms with E-state index in [1.165, 1.54) is 27.3 Å². The zero-order valence-electron chi connectivity index (χ0n) is 13.9. The van der Waals surface area contributed by atoms with Crippen molar-refractivity contribution in [2.24, 2.45) is 0 Å². The highest BCUT2D eigenvalue weighted by Gasteiger charge is 2.23. The van der Waals surface area contributed by atoms with Gasteiger partial charge in [0.2, 0.25) is 0 Å². The highest BCUT2D eigenvalue weighted by molar-refractivity contribution is 7.14. The average molecular weight is 343 g/mol. The van der Waals surface area contributed by atoms with Gasteiger partial charge in [0.05, 0.1) is 0 Å². The largest absolute Gasteiger partial charge is 0.448 e. The minimum absolute atomic E-state index is 0.284. The lowest BCUT2D eigenvalue weighted by Gasteiger charge is -2.13. The molecule has 1 atom stereocenters. The van der Waals surface area contributed by atoms with E-state index in [4.69, 9.17) is 4.74 Å². The molecule has 4 nitrogen and oxygen atoms in total. The fourth-order valence-corrected chi connectivity index (χ4v) is 3.88. The molecule has 0 saturated carbocycles. The van der Waals surface area contributed by atoms with Gasteiger partial charge < -0.3 is 10.1 Å². The van der Waals surface area contributed by atoms with Gasteiger partial charge in [-0.3, -0.25) is 4.79 Å². The molecule has 1 aromatic heterocycles.